The maximum absolute atomic E-state index is 13.9. The predicted molar refractivity (Wildman–Crippen MR) is 134 cm³/mol. The van der Waals surface area contributed by atoms with Crippen molar-refractivity contribution < 1.29 is 23.8 Å². The number of hydrogen-bond donors (Lipinski definition) is 1. The molecule has 0 bridgehead atoms. The number of Topliss-reactive ketones (excluding diaryl/α,β-unsaturated/α-hetero) is 1. The van der Waals surface area contributed by atoms with E-state index in [4.69, 9.17) is 9.15 Å². The summed E-state index contributed by atoms with van der Waals surface area (Å²) in [5.41, 5.74) is 2.54. The van der Waals surface area contributed by atoms with Gasteiger partial charge in [-0.1, -0.05) is 23.5 Å². The van der Waals surface area contributed by atoms with Crippen LogP contribution in [0, 0.1) is 6.92 Å². The number of carbonyl (C=O) groups excluding carboxylic acids is 2. The van der Waals surface area contributed by atoms with Crippen LogP contribution in [0.2, 0.25) is 0 Å². The highest BCUT2D eigenvalue weighted by molar-refractivity contribution is 7.19. The number of furan rings is 1. The predicted octanol–water partition coefficient (Wildman–Crippen LogP) is 3.75. The molecule has 4 aromatic rings. The van der Waals surface area contributed by atoms with Gasteiger partial charge in [0.15, 0.2) is 10.7 Å². The number of imidazole rings is 1. The zero-order chi connectivity index (χ0) is 24.8. The maximum atomic E-state index is 13.9. The smallest absolute Gasteiger partial charge is 0.290 e. The second kappa shape index (κ2) is 9.20. The molecular weight excluding hydrogens is 480 g/mol. The molecule has 0 spiro atoms. The van der Waals surface area contributed by atoms with E-state index in [-0.39, 0.29) is 11.4 Å². The van der Waals surface area contributed by atoms with E-state index >= 15 is 0 Å². The molecule has 2 aliphatic heterocycles. The van der Waals surface area contributed by atoms with Crippen molar-refractivity contribution in [2.45, 2.75) is 19.4 Å². The highest BCUT2D eigenvalue weighted by Gasteiger charge is 2.45. The molecule has 1 atom stereocenters. The third-order valence-corrected chi connectivity index (χ3v) is 8.07. The second-order valence-electron chi connectivity index (χ2n) is 9.05. The van der Waals surface area contributed by atoms with Gasteiger partial charge in [-0.05, 0) is 37.6 Å². The number of aromatic nitrogens is 2. The van der Waals surface area contributed by atoms with E-state index < -0.39 is 17.7 Å². The molecule has 0 radical (unpaired) electrons. The fourth-order valence-corrected chi connectivity index (χ4v) is 6.24. The SMILES string of the molecule is Cc1c(C(=O)C2=C(O)C(=O)N(CCCN3CCOCC3)C2c2ccco2)sc2nc3ccccc3n12. The van der Waals surface area contributed by atoms with Crippen LogP contribution in [-0.2, 0) is 9.53 Å². The largest absolute Gasteiger partial charge is 0.503 e. The molecule has 2 aliphatic rings. The lowest BCUT2D eigenvalue weighted by Crippen LogP contribution is -2.39. The Labute approximate surface area is 211 Å². The van der Waals surface area contributed by atoms with Crippen LogP contribution in [0.15, 0.2) is 58.4 Å². The van der Waals surface area contributed by atoms with E-state index in [1.165, 1.54) is 17.6 Å². The molecule has 9 nitrogen and oxygen atoms in total. The molecule has 3 aromatic heterocycles. The average molecular weight is 507 g/mol. The quantitative estimate of drug-likeness (QED) is 0.381. The summed E-state index contributed by atoms with van der Waals surface area (Å²) in [7, 11) is 0. The number of carbonyl (C=O) groups is 2. The van der Waals surface area contributed by atoms with Crippen molar-refractivity contribution in [2.24, 2.45) is 0 Å². The average Bonchev–Trinajstić information content (AvgIpc) is 3.65. The van der Waals surface area contributed by atoms with E-state index in [0.717, 1.165) is 36.4 Å². The van der Waals surface area contributed by atoms with Gasteiger partial charge in [-0.2, -0.15) is 0 Å². The molecule has 1 saturated heterocycles. The number of hydrogen-bond acceptors (Lipinski definition) is 8. The fourth-order valence-electron chi connectivity index (χ4n) is 5.14. The number of ketones is 1. The first-order chi connectivity index (χ1) is 17.5. The van der Waals surface area contributed by atoms with Crippen LogP contribution in [0.1, 0.15) is 33.6 Å². The first-order valence-corrected chi connectivity index (χ1v) is 12.8. The molecule has 186 valence electrons. The molecule has 1 fully saturated rings. The van der Waals surface area contributed by atoms with Crippen molar-refractivity contribution in [3.05, 3.63) is 70.3 Å². The molecular formula is C26H26N4O5S. The molecule has 10 heteroatoms. The molecule has 0 aliphatic carbocycles. The van der Waals surface area contributed by atoms with Crippen LogP contribution >= 0.6 is 11.3 Å². The number of aliphatic hydroxyl groups excluding tert-OH is 1. The fraction of sp³-hybridized carbons (Fsp3) is 0.346. The number of fused-ring (bicyclic) bond motifs is 3. The molecule has 1 amide bonds. The number of ether oxygens (including phenoxy) is 1. The molecule has 36 heavy (non-hydrogen) atoms. The minimum atomic E-state index is -0.782. The summed E-state index contributed by atoms with van der Waals surface area (Å²) in [6, 6.07) is 10.4. The van der Waals surface area contributed by atoms with Crippen molar-refractivity contribution >= 4 is 39.0 Å². The van der Waals surface area contributed by atoms with Gasteiger partial charge in [0, 0.05) is 31.9 Å². The number of aliphatic hydroxyl groups is 1. The Morgan fingerprint density at radius 1 is 1.17 bits per heavy atom. The number of aryl methyl sites for hydroxylation is 1. The lowest BCUT2D eigenvalue weighted by atomic mass is 9.99. The topological polar surface area (TPSA) is 101 Å². The Kier molecular flexibility index (Phi) is 5.87. The molecule has 1 unspecified atom stereocenters. The molecule has 6 rings (SSSR count). The Morgan fingerprint density at radius 3 is 2.75 bits per heavy atom. The summed E-state index contributed by atoms with van der Waals surface area (Å²) < 4.78 is 13.0. The third kappa shape index (κ3) is 3.73. The van der Waals surface area contributed by atoms with Crippen molar-refractivity contribution in [3.8, 4) is 0 Å². The van der Waals surface area contributed by atoms with Crippen molar-refractivity contribution in [1.82, 2.24) is 19.2 Å². The Balaban J connectivity index is 1.33. The van der Waals surface area contributed by atoms with Gasteiger partial charge >= 0.3 is 0 Å². The summed E-state index contributed by atoms with van der Waals surface area (Å²) >= 11 is 1.26. The highest BCUT2D eigenvalue weighted by atomic mass is 32.1. The highest BCUT2D eigenvalue weighted by Crippen LogP contribution is 2.41. The molecule has 0 saturated carbocycles. The van der Waals surface area contributed by atoms with Crippen LogP contribution in [0.25, 0.3) is 16.0 Å². The van der Waals surface area contributed by atoms with E-state index in [0.29, 0.717) is 41.8 Å². The van der Waals surface area contributed by atoms with Gasteiger partial charge in [0.05, 0.1) is 41.0 Å². The molecule has 1 N–H and O–H groups in total. The summed E-state index contributed by atoms with van der Waals surface area (Å²) in [4.78, 5) is 36.7. The number of amides is 1. The van der Waals surface area contributed by atoms with Crippen LogP contribution in [0.5, 0.6) is 0 Å². The van der Waals surface area contributed by atoms with E-state index in [1.807, 2.05) is 35.6 Å². The van der Waals surface area contributed by atoms with Crippen LogP contribution in [0.4, 0.5) is 0 Å². The van der Waals surface area contributed by atoms with Crippen molar-refractivity contribution in [3.63, 3.8) is 0 Å². The zero-order valence-corrected chi connectivity index (χ0v) is 20.7. The van der Waals surface area contributed by atoms with Gasteiger partial charge in [-0.25, -0.2) is 4.98 Å². The van der Waals surface area contributed by atoms with Gasteiger partial charge in [-0.3, -0.25) is 18.9 Å². The normalized spacial score (nSPS) is 19.3. The van der Waals surface area contributed by atoms with Gasteiger partial charge in [0.1, 0.15) is 11.8 Å². The van der Waals surface area contributed by atoms with E-state index in [1.54, 1.807) is 17.0 Å². The number of para-hydroxylation sites is 2. The first kappa shape index (κ1) is 23.0. The second-order valence-corrected chi connectivity index (χ2v) is 10.0. The molecule has 1 aromatic carbocycles. The third-order valence-electron chi connectivity index (χ3n) is 6.93. The number of morpholine rings is 1. The summed E-state index contributed by atoms with van der Waals surface area (Å²) in [6.07, 6.45) is 2.22. The number of benzene rings is 1. The summed E-state index contributed by atoms with van der Waals surface area (Å²) in [5.74, 6) is -0.990. The zero-order valence-electron chi connectivity index (χ0n) is 19.8. The Morgan fingerprint density at radius 2 is 1.97 bits per heavy atom. The molecule has 5 heterocycles. The Hall–Kier alpha value is -3.47. The Bertz CT molecular complexity index is 1480. The standard InChI is InChI=1S/C26H26N4O5S/c1-16-24(36-26-27-17-6-2-3-7-18(17)30(16)26)22(31)20-21(19-8-4-13-35-19)29(25(33)23(20)32)10-5-9-28-11-14-34-15-12-28/h2-4,6-8,13,21,32H,5,9-12,14-15H2,1H3. The van der Waals surface area contributed by atoms with E-state index in [9.17, 15) is 14.7 Å². The number of nitrogens with zero attached hydrogens (tertiary/aromatic N) is 4. The minimum absolute atomic E-state index is 0.0539. The van der Waals surface area contributed by atoms with Crippen LogP contribution in [0.3, 0.4) is 0 Å². The van der Waals surface area contributed by atoms with Crippen LogP contribution < -0.4 is 0 Å². The lowest BCUT2D eigenvalue weighted by Gasteiger charge is -2.29. The lowest BCUT2D eigenvalue weighted by molar-refractivity contribution is -0.129. The van der Waals surface area contributed by atoms with Gasteiger partial charge in [0.25, 0.3) is 5.91 Å². The van der Waals surface area contributed by atoms with Crippen LogP contribution in [-0.4, -0.2) is 75.4 Å². The van der Waals surface area contributed by atoms with Gasteiger partial charge in [0.2, 0.25) is 5.78 Å². The van der Waals surface area contributed by atoms with Gasteiger partial charge in [-0.15, -0.1) is 0 Å². The monoisotopic (exact) mass is 506 g/mol. The first-order valence-electron chi connectivity index (χ1n) is 12.0. The summed E-state index contributed by atoms with van der Waals surface area (Å²) in [5, 5.41) is 10.9. The van der Waals surface area contributed by atoms with Crippen molar-refractivity contribution in [1.29, 1.82) is 0 Å². The van der Waals surface area contributed by atoms with Crippen molar-refractivity contribution in [2.75, 3.05) is 39.4 Å². The minimum Gasteiger partial charge on any atom is -0.503 e. The van der Waals surface area contributed by atoms with Gasteiger partial charge < -0.3 is 19.2 Å². The number of rotatable bonds is 7. The maximum Gasteiger partial charge on any atom is 0.290 e. The summed E-state index contributed by atoms with van der Waals surface area (Å²) in [6.45, 7) is 6.18. The number of thiazole rings is 1. The van der Waals surface area contributed by atoms with E-state index in [2.05, 4.69) is 9.88 Å².